The number of nitrogens with two attached hydrogens (primary N) is 2. The van der Waals surface area contributed by atoms with Crippen molar-refractivity contribution in [2.45, 2.75) is 37.6 Å². The summed E-state index contributed by atoms with van der Waals surface area (Å²) in [6, 6.07) is -0.0419. The second-order valence-corrected chi connectivity index (χ2v) is 10.2. The Morgan fingerprint density at radius 1 is 1.25 bits per heavy atom. The first-order chi connectivity index (χ1) is 18.4. The number of hydrogen-bond acceptors (Lipinski definition) is 11. The molecule has 15 heteroatoms. The van der Waals surface area contributed by atoms with Gasteiger partial charge in [0.1, 0.15) is 22.8 Å². The van der Waals surface area contributed by atoms with Gasteiger partial charge in [0.05, 0.1) is 23.0 Å². The molecule has 0 unspecified atom stereocenters. The molecule has 216 valence electrons. The van der Waals surface area contributed by atoms with Crippen LogP contribution in [0.25, 0.3) is 5.76 Å². The zero-order valence-electron chi connectivity index (χ0n) is 21.5. The standard InChI is InChI=1S/C25H27F3N4O8/c1-8(31-40-7-24(26,27)28)10-6-13(29)18(33)15-11(10)4-9-5-12-17(32(2)3)20(35)16(23(30)38)22(37)25(12,39)21(36)14(9)19(15)34/h6,9,12,17,33-34,37,39H,4-5,7,29H2,1-3H3,(H2,30,38)/b31-8-/t9-,12-,17-,25-/m0/s1. The fraction of sp³-hybridized carbons (Fsp3) is 0.440. The van der Waals surface area contributed by atoms with Gasteiger partial charge in [0, 0.05) is 17.1 Å². The first kappa shape index (κ1) is 28.9. The molecule has 0 aromatic heterocycles. The van der Waals surface area contributed by atoms with Gasteiger partial charge in [0.2, 0.25) is 12.4 Å². The largest absolute Gasteiger partial charge is 0.508 e. The lowest BCUT2D eigenvalue weighted by atomic mass is 9.57. The van der Waals surface area contributed by atoms with Crippen molar-refractivity contribution < 1.29 is 52.8 Å². The number of carbonyl (C=O) groups is 3. The Bertz CT molecular complexity index is 1430. The quantitative estimate of drug-likeness (QED) is 0.0970. The number of nitrogens with zero attached hydrogens (tertiary/aromatic N) is 2. The summed E-state index contributed by atoms with van der Waals surface area (Å²) < 4.78 is 37.6. The number of benzene rings is 1. The van der Waals surface area contributed by atoms with Crippen molar-refractivity contribution in [3.8, 4) is 5.75 Å². The Labute approximate surface area is 225 Å². The fourth-order valence-corrected chi connectivity index (χ4v) is 5.91. The Morgan fingerprint density at radius 3 is 2.42 bits per heavy atom. The van der Waals surface area contributed by atoms with E-state index in [-0.39, 0.29) is 40.9 Å². The second-order valence-electron chi connectivity index (χ2n) is 10.2. The third kappa shape index (κ3) is 4.25. The third-order valence-electron chi connectivity index (χ3n) is 7.57. The topological polar surface area (TPSA) is 209 Å². The van der Waals surface area contributed by atoms with Gasteiger partial charge in [0.15, 0.2) is 11.4 Å². The van der Waals surface area contributed by atoms with E-state index in [1.165, 1.54) is 32.0 Å². The monoisotopic (exact) mass is 568 g/mol. The molecule has 1 aromatic carbocycles. The Hall–Kier alpha value is -4.11. The van der Waals surface area contributed by atoms with E-state index in [0.717, 1.165) is 0 Å². The van der Waals surface area contributed by atoms with Crippen molar-refractivity contribution in [2.24, 2.45) is 22.7 Å². The number of anilines is 1. The lowest BCUT2D eigenvalue weighted by Crippen LogP contribution is -2.65. The molecule has 0 aliphatic heterocycles. The van der Waals surface area contributed by atoms with Crippen LogP contribution in [0.15, 0.2) is 28.1 Å². The van der Waals surface area contributed by atoms with Gasteiger partial charge in [-0.1, -0.05) is 5.16 Å². The van der Waals surface area contributed by atoms with E-state index in [1.54, 1.807) is 0 Å². The van der Waals surface area contributed by atoms with Gasteiger partial charge in [-0.25, -0.2) is 0 Å². The molecule has 3 aliphatic rings. The van der Waals surface area contributed by atoms with Gasteiger partial charge in [0.25, 0.3) is 5.91 Å². The first-order valence-electron chi connectivity index (χ1n) is 12.0. The number of hydrogen-bond donors (Lipinski definition) is 6. The van der Waals surface area contributed by atoms with E-state index in [0.29, 0.717) is 0 Å². The van der Waals surface area contributed by atoms with Crippen molar-refractivity contribution in [3.63, 3.8) is 0 Å². The maximum Gasteiger partial charge on any atom is 0.425 e. The highest BCUT2D eigenvalue weighted by Crippen LogP contribution is 2.53. The molecule has 4 atom stereocenters. The number of halogens is 3. The summed E-state index contributed by atoms with van der Waals surface area (Å²) in [5.41, 5.74) is 6.60. The Balaban J connectivity index is 1.92. The number of phenols is 1. The van der Waals surface area contributed by atoms with Gasteiger partial charge in [-0.15, -0.1) is 0 Å². The minimum Gasteiger partial charge on any atom is -0.508 e. The molecular weight excluding hydrogens is 541 g/mol. The van der Waals surface area contributed by atoms with Crippen LogP contribution < -0.4 is 11.5 Å². The molecule has 1 fully saturated rings. The Morgan fingerprint density at radius 2 is 1.88 bits per heavy atom. The lowest BCUT2D eigenvalue weighted by Gasteiger charge is -2.50. The normalized spacial score (nSPS) is 27.0. The molecule has 8 N–H and O–H groups in total. The maximum atomic E-state index is 13.8. The molecule has 0 heterocycles. The fourth-order valence-electron chi connectivity index (χ4n) is 5.91. The van der Waals surface area contributed by atoms with Crippen LogP contribution in [-0.2, 0) is 25.6 Å². The van der Waals surface area contributed by atoms with Crippen LogP contribution in [0.5, 0.6) is 5.75 Å². The van der Waals surface area contributed by atoms with Crippen molar-refractivity contribution >= 4 is 34.6 Å². The van der Waals surface area contributed by atoms with E-state index in [9.17, 15) is 48.0 Å². The van der Waals surface area contributed by atoms with Gasteiger partial charge in [-0.2, -0.15) is 13.2 Å². The van der Waals surface area contributed by atoms with Gasteiger partial charge in [-0.3, -0.25) is 19.3 Å². The predicted molar refractivity (Wildman–Crippen MR) is 133 cm³/mol. The number of oxime groups is 1. The third-order valence-corrected chi connectivity index (χ3v) is 7.57. The molecule has 4 rings (SSSR count). The summed E-state index contributed by atoms with van der Waals surface area (Å²) in [7, 11) is 2.93. The minimum atomic E-state index is -4.65. The summed E-state index contributed by atoms with van der Waals surface area (Å²) in [6.07, 6.45) is -4.93. The van der Waals surface area contributed by atoms with Gasteiger partial charge >= 0.3 is 6.18 Å². The number of fused-ring (bicyclic) bond motifs is 3. The number of primary amides is 1. The van der Waals surface area contributed by atoms with E-state index in [4.69, 9.17) is 11.5 Å². The molecule has 1 aromatic rings. The van der Waals surface area contributed by atoms with Crippen LogP contribution in [0.3, 0.4) is 0 Å². The number of amides is 1. The smallest absolute Gasteiger partial charge is 0.425 e. The molecule has 0 bridgehead atoms. The number of likely N-dealkylation sites (N-methyl/N-ethyl adjacent to an activating group) is 1. The molecular formula is C25H27F3N4O8. The number of nitrogen functional groups attached to an aromatic ring is 1. The highest BCUT2D eigenvalue weighted by molar-refractivity contribution is 6.24. The number of aromatic hydroxyl groups is 1. The molecule has 1 amide bonds. The average Bonchev–Trinajstić information content (AvgIpc) is 2.82. The summed E-state index contributed by atoms with van der Waals surface area (Å²) >= 11 is 0. The summed E-state index contributed by atoms with van der Waals surface area (Å²) in [4.78, 5) is 44.8. The Kier molecular flexibility index (Phi) is 6.87. The zero-order chi connectivity index (χ0) is 30.1. The number of ketones is 2. The molecule has 12 nitrogen and oxygen atoms in total. The highest BCUT2D eigenvalue weighted by Gasteiger charge is 2.64. The van der Waals surface area contributed by atoms with Crippen molar-refractivity contribution in [1.29, 1.82) is 0 Å². The number of aliphatic hydroxyl groups is 3. The van der Waals surface area contributed by atoms with Crippen LogP contribution in [0.4, 0.5) is 18.9 Å². The summed E-state index contributed by atoms with van der Waals surface area (Å²) in [5.74, 6) is -8.33. The van der Waals surface area contributed by atoms with E-state index >= 15 is 0 Å². The molecule has 40 heavy (non-hydrogen) atoms. The minimum absolute atomic E-state index is 0.0761. The highest BCUT2D eigenvalue weighted by atomic mass is 19.4. The van der Waals surface area contributed by atoms with Crippen LogP contribution in [-0.4, -0.2) is 87.0 Å². The van der Waals surface area contributed by atoms with Crippen LogP contribution >= 0.6 is 0 Å². The van der Waals surface area contributed by atoms with E-state index in [1.807, 2.05) is 0 Å². The van der Waals surface area contributed by atoms with Crippen molar-refractivity contribution in [2.75, 3.05) is 26.4 Å². The molecule has 0 spiro atoms. The van der Waals surface area contributed by atoms with E-state index in [2.05, 4.69) is 9.99 Å². The number of aliphatic hydroxyl groups excluding tert-OH is 2. The number of phenolic OH excluding ortho intramolecular Hbond substituents is 1. The molecule has 0 radical (unpaired) electrons. The number of carbonyl (C=O) groups excluding carboxylic acids is 3. The lowest BCUT2D eigenvalue weighted by molar-refractivity contribution is -0.173. The SMILES string of the molecule is C/C(=N/OCC(F)(F)F)c1cc(N)c(O)c2c1C[C@H]1C[C@H]3[C@H](N(C)C)C(=O)C(C(N)=O)=C(O)[C@@]3(O)C(=O)C1=C2O. The maximum absolute atomic E-state index is 13.8. The summed E-state index contributed by atoms with van der Waals surface area (Å²) in [6.45, 7) is -0.351. The first-order valence-corrected chi connectivity index (χ1v) is 12.0. The molecule has 1 saturated carbocycles. The van der Waals surface area contributed by atoms with E-state index < -0.39 is 82.1 Å². The predicted octanol–water partition coefficient (Wildman–Crippen LogP) is 0.849. The number of rotatable bonds is 5. The van der Waals surface area contributed by atoms with Crippen LogP contribution in [0.1, 0.15) is 30.0 Å². The summed E-state index contributed by atoms with van der Waals surface area (Å²) in [5, 5.41) is 47.9. The van der Waals surface area contributed by atoms with Gasteiger partial charge < -0.3 is 36.7 Å². The molecule has 3 aliphatic carbocycles. The van der Waals surface area contributed by atoms with Crippen molar-refractivity contribution in [3.05, 3.63) is 39.7 Å². The van der Waals surface area contributed by atoms with Gasteiger partial charge in [-0.05, 0) is 51.4 Å². The van der Waals surface area contributed by atoms with Crippen LogP contribution in [0.2, 0.25) is 0 Å². The van der Waals surface area contributed by atoms with Crippen LogP contribution in [0, 0.1) is 11.8 Å². The molecule has 0 saturated heterocycles. The zero-order valence-corrected chi connectivity index (χ0v) is 21.5. The van der Waals surface area contributed by atoms with Crippen molar-refractivity contribution in [1.82, 2.24) is 4.90 Å². The number of alkyl halides is 3. The average molecular weight is 569 g/mol. The number of Topliss-reactive ketones (excluding diaryl/α,β-unsaturated/α-hetero) is 2. The second kappa shape index (κ2) is 9.52.